The fourth-order valence-corrected chi connectivity index (χ4v) is 3.61. The second-order valence-corrected chi connectivity index (χ2v) is 8.13. The van der Waals surface area contributed by atoms with Gasteiger partial charge < -0.3 is 21.3 Å². The number of carbonyl (C=O) groups is 1. The highest BCUT2D eigenvalue weighted by Crippen LogP contribution is 2.23. The number of rotatable bonds is 8. The molecule has 1 atom stereocenters. The van der Waals surface area contributed by atoms with Crippen LogP contribution in [-0.2, 0) is 13.1 Å². The molecule has 33 heavy (non-hydrogen) atoms. The van der Waals surface area contributed by atoms with Gasteiger partial charge >= 0.3 is 0 Å². The molecule has 3 rings (SSSR count). The van der Waals surface area contributed by atoms with Gasteiger partial charge in [-0.2, -0.15) is 4.98 Å². The lowest BCUT2D eigenvalue weighted by molar-refractivity contribution is 0.0943. The van der Waals surface area contributed by atoms with Crippen LogP contribution in [-0.4, -0.2) is 52.1 Å². The van der Waals surface area contributed by atoms with Crippen LogP contribution in [0.4, 0.5) is 11.8 Å². The molecule has 2 aromatic heterocycles. The molecule has 9 heteroatoms. The van der Waals surface area contributed by atoms with Gasteiger partial charge in [0.1, 0.15) is 0 Å². The van der Waals surface area contributed by atoms with Gasteiger partial charge in [-0.1, -0.05) is 12.0 Å². The van der Waals surface area contributed by atoms with E-state index in [9.17, 15) is 4.79 Å². The predicted octanol–water partition coefficient (Wildman–Crippen LogP) is 2.22. The number of aryl methyl sites for hydroxylation is 2. The molecule has 1 amide bonds. The third-order valence-corrected chi connectivity index (χ3v) is 5.31. The molecule has 9 nitrogen and oxygen atoms in total. The Balaban J connectivity index is 1.89. The zero-order valence-corrected chi connectivity index (χ0v) is 20.2. The van der Waals surface area contributed by atoms with Crippen molar-refractivity contribution in [3.8, 4) is 11.8 Å². The highest BCUT2D eigenvalue weighted by Gasteiger charge is 2.24. The number of hydrogen-bond donors (Lipinski definition) is 3. The number of benzene rings is 1. The molecule has 0 saturated carbocycles. The van der Waals surface area contributed by atoms with Crippen molar-refractivity contribution in [2.45, 2.75) is 46.8 Å². The number of anilines is 2. The molecule has 0 aliphatic heterocycles. The maximum Gasteiger partial charge on any atom is 0.272 e. The topological polar surface area (TPSA) is 114 Å². The minimum Gasteiger partial charge on any atom is -0.371 e. The number of aromatic nitrogens is 4. The van der Waals surface area contributed by atoms with Crippen LogP contribution in [0, 0.1) is 25.7 Å². The average molecular weight is 449 g/mol. The largest absolute Gasteiger partial charge is 0.371 e. The van der Waals surface area contributed by atoms with Gasteiger partial charge in [0.2, 0.25) is 5.95 Å². The van der Waals surface area contributed by atoms with Gasteiger partial charge in [-0.3, -0.25) is 9.36 Å². The van der Waals surface area contributed by atoms with E-state index in [1.807, 2.05) is 55.5 Å². The summed E-state index contributed by atoms with van der Waals surface area (Å²) >= 11 is 0. The van der Waals surface area contributed by atoms with Gasteiger partial charge in [-0.25, -0.2) is 9.97 Å². The minimum atomic E-state index is -0.239. The lowest BCUT2D eigenvalue weighted by Gasteiger charge is -2.21. The van der Waals surface area contributed by atoms with Crippen LogP contribution in [0.5, 0.6) is 0 Å². The Morgan fingerprint density at radius 2 is 1.91 bits per heavy atom. The lowest BCUT2D eigenvalue weighted by Crippen LogP contribution is -2.35. The lowest BCUT2D eigenvalue weighted by atomic mass is 10.1. The Bertz CT molecular complexity index is 1220. The number of nitrogens with zero attached hydrogens (tertiary/aromatic N) is 5. The molecule has 0 radical (unpaired) electrons. The van der Waals surface area contributed by atoms with E-state index >= 15 is 0 Å². The van der Waals surface area contributed by atoms with Crippen LogP contribution in [0.3, 0.4) is 0 Å². The molecule has 0 fully saturated rings. The zero-order valence-electron chi connectivity index (χ0n) is 20.2. The van der Waals surface area contributed by atoms with E-state index in [1.165, 1.54) is 0 Å². The van der Waals surface area contributed by atoms with Crippen molar-refractivity contribution in [3.05, 3.63) is 40.8 Å². The van der Waals surface area contributed by atoms with Crippen LogP contribution in [0.1, 0.15) is 41.3 Å². The van der Waals surface area contributed by atoms with Crippen molar-refractivity contribution < 1.29 is 4.79 Å². The smallest absolute Gasteiger partial charge is 0.272 e. The number of nitrogens with one attached hydrogen (secondary N) is 2. The number of imidazole rings is 1. The van der Waals surface area contributed by atoms with Gasteiger partial charge in [-0.05, 0) is 45.4 Å². The number of likely N-dealkylation sites (N-methyl/N-ethyl adjacent to an activating group) is 1. The molecular formula is C24H32N8O. The monoisotopic (exact) mass is 448 g/mol. The fourth-order valence-electron chi connectivity index (χ4n) is 3.61. The second kappa shape index (κ2) is 10.3. The van der Waals surface area contributed by atoms with Crippen LogP contribution in [0.15, 0.2) is 18.2 Å². The van der Waals surface area contributed by atoms with Gasteiger partial charge in [0.05, 0.1) is 29.0 Å². The normalized spacial score (nSPS) is 11.6. The Labute approximate surface area is 194 Å². The van der Waals surface area contributed by atoms with Gasteiger partial charge in [0.25, 0.3) is 5.91 Å². The molecule has 1 unspecified atom stereocenters. The summed E-state index contributed by atoms with van der Waals surface area (Å²) in [5.74, 6) is 6.82. The number of nitrogens with two attached hydrogens (primary N) is 1. The quantitative estimate of drug-likeness (QED) is 0.453. The molecule has 3 aromatic rings. The molecule has 174 valence electrons. The van der Waals surface area contributed by atoms with E-state index in [2.05, 4.69) is 37.4 Å². The predicted molar refractivity (Wildman–Crippen MR) is 132 cm³/mol. The zero-order chi connectivity index (χ0) is 24.1. The van der Waals surface area contributed by atoms with Crippen molar-refractivity contribution in [1.29, 1.82) is 0 Å². The maximum atomic E-state index is 13.3. The van der Waals surface area contributed by atoms with Crippen molar-refractivity contribution >= 4 is 28.7 Å². The van der Waals surface area contributed by atoms with E-state index < -0.39 is 0 Å². The van der Waals surface area contributed by atoms with Crippen LogP contribution in [0.25, 0.3) is 11.0 Å². The SMILES string of the molecule is CC#CCn1c(N(C)CC(C)N)nc(NC)c1C(=O)NCc1ccc2nc(C)c(C)nc2c1. The van der Waals surface area contributed by atoms with E-state index in [4.69, 9.17) is 5.73 Å². The molecule has 1 aromatic carbocycles. The summed E-state index contributed by atoms with van der Waals surface area (Å²) < 4.78 is 1.82. The summed E-state index contributed by atoms with van der Waals surface area (Å²) in [6.45, 7) is 8.87. The number of hydrogen-bond acceptors (Lipinski definition) is 7. The van der Waals surface area contributed by atoms with Crippen molar-refractivity contribution in [2.24, 2.45) is 5.73 Å². The summed E-state index contributed by atoms with van der Waals surface area (Å²) in [4.78, 5) is 29.0. The Hall–Kier alpha value is -3.64. The first kappa shape index (κ1) is 24.0. The van der Waals surface area contributed by atoms with Gasteiger partial charge in [0, 0.05) is 33.2 Å². The third kappa shape index (κ3) is 5.41. The Morgan fingerprint density at radius 1 is 1.21 bits per heavy atom. The second-order valence-electron chi connectivity index (χ2n) is 8.13. The van der Waals surface area contributed by atoms with Gasteiger partial charge in [-0.15, -0.1) is 5.92 Å². The average Bonchev–Trinajstić information content (AvgIpc) is 3.15. The van der Waals surface area contributed by atoms with Crippen LogP contribution >= 0.6 is 0 Å². The molecule has 0 aliphatic rings. The first-order valence-corrected chi connectivity index (χ1v) is 10.9. The molecule has 0 aliphatic carbocycles. The minimum absolute atomic E-state index is 0.0452. The molecule has 0 spiro atoms. The van der Waals surface area contributed by atoms with E-state index in [-0.39, 0.29) is 11.9 Å². The van der Waals surface area contributed by atoms with Crippen molar-refractivity contribution in [1.82, 2.24) is 24.8 Å². The van der Waals surface area contributed by atoms with E-state index in [0.29, 0.717) is 37.1 Å². The van der Waals surface area contributed by atoms with E-state index in [0.717, 1.165) is 28.0 Å². The Kier molecular flexibility index (Phi) is 7.51. The number of carbonyl (C=O) groups excluding carboxylic acids is 1. The Morgan fingerprint density at radius 3 is 2.55 bits per heavy atom. The molecule has 0 bridgehead atoms. The molecule has 0 saturated heterocycles. The molecular weight excluding hydrogens is 416 g/mol. The van der Waals surface area contributed by atoms with Gasteiger partial charge in [0.15, 0.2) is 11.5 Å². The highest BCUT2D eigenvalue weighted by atomic mass is 16.2. The van der Waals surface area contributed by atoms with E-state index in [1.54, 1.807) is 14.0 Å². The summed E-state index contributed by atoms with van der Waals surface area (Å²) in [7, 11) is 3.65. The number of amides is 1. The van der Waals surface area contributed by atoms with Crippen LogP contribution < -0.4 is 21.3 Å². The standard InChI is InChI=1S/C24H32N8O/c1-7-8-11-32-21(22(26-5)30-24(32)31(6)14-15(2)25)23(33)27-13-18-9-10-19-20(12-18)29-17(4)16(3)28-19/h9-10,12,15,26H,11,13-14,25H2,1-6H3,(H,27,33). The first-order valence-electron chi connectivity index (χ1n) is 10.9. The number of fused-ring (bicyclic) bond motifs is 1. The maximum absolute atomic E-state index is 13.3. The molecule has 2 heterocycles. The summed E-state index contributed by atoms with van der Waals surface area (Å²) in [5.41, 5.74) is 10.8. The summed E-state index contributed by atoms with van der Waals surface area (Å²) in [5, 5.41) is 6.05. The van der Waals surface area contributed by atoms with Crippen molar-refractivity contribution in [2.75, 3.05) is 30.9 Å². The summed E-state index contributed by atoms with van der Waals surface area (Å²) in [6.07, 6.45) is 0. The van der Waals surface area contributed by atoms with Crippen molar-refractivity contribution in [3.63, 3.8) is 0 Å². The summed E-state index contributed by atoms with van der Waals surface area (Å²) in [6, 6.07) is 5.79. The third-order valence-electron chi connectivity index (χ3n) is 5.31. The fraction of sp³-hybridized carbons (Fsp3) is 0.417. The first-order chi connectivity index (χ1) is 15.7. The highest BCUT2D eigenvalue weighted by molar-refractivity contribution is 5.98. The van der Waals surface area contributed by atoms with Crippen LogP contribution in [0.2, 0.25) is 0 Å². The molecule has 4 N–H and O–H groups in total.